The quantitative estimate of drug-likeness (QED) is 0.490. The third-order valence-corrected chi connectivity index (χ3v) is 5.58. The Morgan fingerprint density at radius 2 is 1.96 bits per heavy atom. The van der Waals surface area contributed by atoms with E-state index in [-0.39, 0.29) is 12.5 Å². The van der Waals surface area contributed by atoms with Crippen molar-refractivity contribution in [3.05, 3.63) is 69.7 Å². The summed E-state index contributed by atoms with van der Waals surface area (Å²) < 4.78 is 0. The average Bonchev–Trinajstić information content (AvgIpc) is 3.32. The summed E-state index contributed by atoms with van der Waals surface area (Å²) >= 11 is 3.26. The molecule has 128 valence electrons. The van der Waals surface area contributed by atoms with Crippen molar-refractivity contribution >= 4 is 34.3 Å². The summed E-state index contributed by atoms with van der Waals surface area (Å²) in [4.78, 5) is 20.2. The summed E-state index contributed by atoms with van der Waals surface area (Å²) in [5.41, 5.74) is 1.94. The number of nitrogens with zero attached hydrogens (tertiary/aromatic N) is 1. The predicted molar refractivity (Wildman–Crippen MR) is 104 cm³/mol. The molecule has 1 amide bonds. The molecule has 2 aromatic heterocycles. The van der Waals surface area contributed by atoms with Crippen LogP contribution in [0.15, 0.2) is 65.1 Å². The Bertz CT molecular complexity index is 839. The molecule has 1 aromatic carbocycles. The average molecular weight is 370 g/mol. The van der Waals surface area contributed by atoms with Gasteiger partial charge in [-0.2, -0.15) is 0 Å². The van der Waals surface area contributed by atoms with Crippen molar-refractivity contribution < 1.29 is 9.63 Å². The highest BCUT2D eigenvalue weighted by atomic mass is 32.1. The van der Waals surface area contributed by atoms with Crippen LogP contribution in [0.4, 0.5) is 0 Å². The highest BCUT2D eigenvalue weighted by molar-refractivity contribution is 7.17. The Kier molecular flexibility index (Phi) is 5.98. The first kappa shape index (κ1) is 17.4. The molecule has 6 heteroatoms. The molecule has 0 aliphatic carbocycles. The van der Waals surface area contributed by atoms with Gasteiger partial charge in [-0.25, -0.2) is 0 Å². The molecule has 4 nitrogen and oxygen atoms in total. The fourth-order valence-corrected chi connectivity index (χ4v) is 3.77. The lowest BCUT2D eigenvalue weighted by atomic mass is 10.2. The third kappa shape index (κ3) is 5.01. The van der Waals surface area contributed by atoms with Gasteiger partial charge in [0.15, 0.2) is 6.61 Å². The van der Waals surface area contributed by atoms with Crippen molar-refractivity contribution in [1.29, 1.82) is 0 Å². The van der Waals surface area contributed by atoms with Crippen molar-refractivity contribution in [2.24, 2.45) is 5.16 Å². The first-order valence-electron chi connectivity index (χ1n) is 7.83. The van der Waals surface area contributed by atoms with Gasteiger partial charge in [-0.15, -0.1) is 22.7 Å². The van der Waals surface area contributed by atoms with E-state index < -0.39 is 0 Å². The molecule has 0 spiro atoms. The van der Waals surface area contributed by atoms with Gasteiger partial charge in [0.2, 0.25) is 0 Å². The van der Waals surface area contributed by atoms with Crippen molar-refractivity contribution in [2.45, 2.75) is 13.5 Å². The number of carbonyl (C=O) groups is 1. The zero-order chi connectivity index (χ0) is 17.5. The molecule has 0 saturated carbocycles. The summed E-state index contributed by atoms with van der Waals surface area (Å²) in [6.45, 7) is 2.32. The summed E-state index contributed by atoms with van der Waals surface area (Å²) in [6, 6.07) is 18.2. The number of nitrogens with one attached hydrogen (secondary N) is 1. The van der Waals surface area contributed by atoms with Gasteiger partial charge >= 0.3 is 0 Å². The number of hydrogen-bond acceptors (Lipinski definition) is 5. The molecule has 0 radical (unpaired) electrons. The van der Waals surface area contributed by atoms with Gasteiger partial charge in [-0.05, 0) is 36.1 Å². The second-order valence-electron chi connectivity index (χ2n) is 5.34. The molecule has 0 bridgehead atoms. The van der Waals surface area contributed by atoms with Crippen LogP contribution in [0.3, 0.4) is 0 Å². The Hall–Kier alpha value is -2.44. The predicted octanol–water partition coefficient (Wildman–Crippen LogP) is 4.53. The van der Waals surface area contributed by atoms with Crippen LogP contribution in [0.25, 0.3) is 10.4 Å². The van der Waals surface area contributed by atoms with Gasteiger partial charge < -0.3 is 10.2 Å². The van der Waals surface area contributed by atoms with E-state index in [0.29, 0.717) is 6.54 Å². The maximum absolute atomic E-state index is 11.7. The maximum atomic E-state index is 11.7. The van der Waals surface area contributed by atoms with Crippen LogP contribution >= 0.6 is 22.7 Å². The molecule has 0 unspecified atom stereocenters. The second kappa shape index (κ2) is 8.60. The fraction of sp³-hybridized carbons (Fsp3) is 0.158. The van der Waals surface area contributed by atoms with Crippen LogP contribution in [0.5, 0.6) is 0 Å². The number of benzene rings is 1. The molecule has 0 saturated heterocycles. The number of oxime groups is 1. The molecule has 0 aliphatic heterocycles. The van der Waals surface area contributed by atoms with Crippen molar-refractivity contribution in [1.82, 2.24) is 5.32 Å². The smallest absolute Gasteiger partial charge is 0.261 e. The zero-order valence-electron chi connectivity index (χ0n) is 13.8. The minimum atomic E-state index is -0.180. The maximum Gasteiger partial charge on any atom is 0.261 e. The van der Waals surface area contributed by atoms with E-state index in [1.54, 1.807) is 22.7 Å². The van der Waals surface area contributed by atoms with Crippen molar-refractivity contribution in [3.8, 4) is 10.4 Å². The van der Waals surface area contributed by atoms with Crippen LogP contribution in [-0.2, 0) is 16.2 Å². The normalized spacial score (nSPS) is 11.3. The molecule has 25 heavy (non-hydrogen) atoms. The molecule has 3 aromatic rings. The van der Waals surface area contributed by atoms with Gasteiger partial charge in [0.05, 0.1) is 17.1 Å². The van der Waals surface area contributed by atoms with Crippen molar-refractivity contribution in [2.75, 3.05) is 6.61 Å². The topological polar surface area (TPSA) is 50.7 Å². The Morgan fingerprint density at radius 1 is 1.12 bits per heavy atom. The van der Waals surface area contributed by atoms with E-state index in [1.807, 2.05) is 48.7 Å². The molecular formula is C19H18N2O2S2. The fourth-order valence-electron chi connectivity index (χ4n) is 2.17. The van der Waals surface area contributed by atoms with E-state index in [1.165, 1.54) is 10.4 Å². The molecule has 0 atom stereocenters. The molecule has 0 fully saturated rings. The highest BCUT2D eigenvalue weighted by Gasteiger charge is 2.06. The number of carbonyl (C=O) groups excluding carboxylic acids is 1. The number of rotatable bonds is 7. The largest absolute Gasteiger partial charge is 0.385 e. The van der Waals surface area contributed by atoms with Crippen LogP contribution in [0.1, 0.15) is 16.7 Å². The van der Waals surface area contributed by atoms with Gasteiger partial charge in [0.1, 0.15) is 0 Å². The number of thiophene rings is 2. The van der Waals surface area contributed by atoms with Crippen LogP contribution in [0.2, 0.25) is 0 Å². The van der Waals surface area contributed by atoms with E-state index in [9.17, 15) is 4.79 Å². The van der Waals surface area contributed by atoms with Crippen molar-refractivity contribution in [3.63, 3.8) is 0 Å². The monoisotopic (exact) mass is 370 g/mol. The van der Waals surface area contributed by atoms with E-state index in [2.05, 4.69) is 28.7 Å². The number of amides is 1. The summed E-state index contributed by atoms with van der Waals surface area (Å²) in [7, 11) is 0. The van der Waals surface area contributed by atoms with Gasteiger partial charge in [-0.3, -0.25) is 4.79 Å². The second-order valence-corrected chi connectivity index (χ2v) is 7.45. The van der Waals surface area contributed by atoms with Crippen LogP contribution < -0.4 is 5.32 Å². The summed E-state index contributed by atoms with van der Waals surface area (Å²) in [5.74, 6) is -0.180. The Labute approximate surface area is 154 Å². The standard InChI is InChI=1S/C19H18N2O2S2/c1-14(17-9-10-18(25-17)15-6-3-2-4-7-15)21-23-13-19(22)20-12-16-8-5-11-24-16/h2-11H,12-13H2,1H3,(H,20,22). The Balaban J connectivity index is 1.50. The third-order valence-electron chi connectivity index (χ3n) is 3.46. The highest BCUT2D eigenvalue weighted by Crippen LogP contribution is 2.28. The number of hydrogen-bond donors (Lipinski definition) is 1. The molecule has 2 heterocycles. The minimum absolute atomic E-state index is 0.0837. The molecular weight excluding hydrogens is 352 g/mol. The molecule has 0 aliphatic rings. The summed E-state index contributed by atoms with van der Waals surface area (Å²) in [5, 5.41) is 8.84. The van der Waals surface area contributed by atoms with E-state index >= 15 is 0 Å². The zero-order valence-corrected chi connectivity index (χ0v) is 15.4. The summed E-state index contributed by atoms with van der Waals surface area (Å²) in [6.07, 6.45) is 0. The Morgan fingerprint density at radius 3 is 2.72 bits per heavy atom. The van der Waals surface area contributed by atoms with Crippen LogP contribution in [0, 0.1) is 0 Å². The molecule has 1 N–H and O–H groups in total. The first-order valence-corrected chi connectivity index (χ1v) is 9.53. The van der Waals surface area contributed by atoms with Gasteiger partial charge in [-0.1, -0.05) is 41.6 Å². The van der Waals surface area contributed by atoms with E-state index in [0.717, 1.165) is 15.5 Å². The van der Waals surface area contributed by atoms with E-state index in [4.69, 9.17) is 4.84 Å². The lowest BCUT2D eigenvalue weighted by Gasteiger charge is -2.03. The van der Waals surface area contributed by atoms with Gasteiger partial charge in [0, 0.05) is 9.75 Å². The van der Waals surface area contributed by atoms with Crippen LogP contribution in [-0.4, -0.2) is 18.2 Å². The molecule has 3 rings (SSSR count). The SMILES string of the molecule is CC(=NOCC(=O)NCc1cccs1)c1ccc(-c2ccccc2)s1. The first-order chi connectivity index (χ1) is 12.2. The minimum Gasteiger partial charge on any atom is -0.385 e. The van der Waals surface area contributed by atoms with Gasteiger partial charge in [0.25, 0.3) is 5.91 Å². The lowest BCUT2D eigenvalue weighted by molar-refractivity contribution is -0.125. The lowest BCUT2D eigenvalue weighted by Crippen LogP contribution is -2.26.